The molecule has 0 unspecified atom stereocenters. The number of para-hydroxylation sites is 1. The van der Waals surface area contributed by atoms with Crippen molar-refractivity contribution in [2.75, 3.05) is 18.5 Å². The molecule has 0 aliphatic rings. The van der Waals surface area contributed by atoms with Crippen molar-refractivity contribution in [1.29, 1.82) is 5.26 Å². The van der Waals surface area contributed by atoms with Gasteiger partial charge < -0.3 is 14.8 Å². The molecule has 6 nitrogen and oxygen atoms in total. The van der Waals surface area contributed by atoms with Crippen LogP contribution in [-0.2, 0) is 14.3 Å². The summed E-state index contributed by atoms with van der Waals surface area (Å²) in [7, 11) is 0. The summed E-state index contributed by atoms with van der Waals surface area (Å²) in [5, 5.41) is 11.9. The summed E-state index contributed by atoms with van der Waals surface area (Å²) in [6.07, 6.45) is 0.0167. The number of anilines is 1. The molecule has 0 aliphatic heterocycles. The minimum Gasteiger partial charge on any atom is -0.493 e. The predicted molar refractivity (Wildman–Crippen MR) is 92.3 cm³/mol. The molecular formula is C18H15ClN2O4. The number of nitriles is 1. The number of benzene rings is 2. The average Bonchev–Trinajstić information content (AvgIpc) is 2.61. The second kappa shape index (κ2) is 9.30. The van der Waals surface area contributed by atoms with Crippen molar-refractivity contribution < 1.29 is 19.1 Å². The molecule has 1 N–H and O–H groups in total. The van der Waals surface area contributed by atoms with Gasteiger partial charge in [-0.25, -0.2) is 0 Å². The molecule has 128 valence electrons. The summed E-state index contributed by atoms with van der Waals surface area (Å²) in [5.74, 6) is -0.466. The van der Waals surface area contributed by atoms with E-state index in [4.69, 9.17) is 26.3 Å². The van der Waals surface area contributed by atoms with Crippen molar-refractivity contribution >= 4 is 29.2 Å². The van der Waals surface area contributed by atoms with Gasteiger partial charge in [-0.2, -0.15) is 5.26 Å². The SMILES string of the molecule is N#Cc1ccc(Cl)cc1NC(=O)COC(=O)CCOc1ccccc1. The molecule has 0 saturated carbocycles. The number of hydrogen-bond donors (Lipinski definition) is 1. The van der Waals surface area contributed by atoms with E-state index in [2.05, 4.69) is 5.32 Å². The Labute approximate surface area is 149 Å². The van der Waals surface area contributed by atoms with Crippen LogP contribution < -0.4 is 10.1 Å². The first-order valence-electron chi connectivity index (χ1n) is 7.41. The number of carbonyl (C=O) groups excluding carboxylic acids is 2. The minimum absolute atomic E-state index is 0.0167. The van der Waals surface area contributed by atoms with Crippen LogP contribution >= 0.6 is 11.6 Å². The van der Waals surface area contributed by atoms with Crippen LogP contribution in [0.15, 0.2) is 48.5 Å². The van der Waals surface area contributed by atoms with Gasteiger partial charge in [-0.1, -0.05) is 29.8 Å². The predicted octanol–water partition coefficient (Wildman–Crippen LogP) is 3.16. The molecule has 0 heterocycles. The summed E-state index contributed by atoms with van der Waals surface area (Å²) >= 11 is 5.83. The molecule has 0 radical (unpaired) electrons. The summed E-state index contributed by atoms with van der Waals surface area (Å²) in [6.45, 7) is -0.307. The van der Waals surface area contributed by atoms with Gasteiger partial charge >= 0.3 is 5.97 Å². The Kier molecular flexibility index (Phi) is 6.81. The molecule has 0 spiro atoms. The highest BCUT2D eigenvalue weighted by Gasteiger charge is 2.11. The Morgan fingerprint density at radius 3 is 2.64 bits per heavy atom. The largest absolute Gasteiger partial charge is 0.493 e. The van der Waals surface area contributed by atoms with Crippen LogP contribution in [0.4, 0.5) is 5.69 Å². The summed E-state index contributed by atoms with van der Waals surface area (Å²) in [4.78, 5) is 23.4. The van der Waals surface area contributed by atoms with Crippen molar-refractivity contribution in [2.24, 2.45) is 0 Å². The molecule has 2 rings (SSSR count). The monoisotopic (exact) mass is 358 g/mol. The van der Waals surface area contributed by atoms with Crippen LogP contribution in [0.5, 0.6) is 5.75 Å². The maximum Gasteiger partial charge on any atom is 0.309 e. The van der Waals surface area contributed by atoms with E-state index in [1.807, 2.05) is 24.3 Å². The minimum atomic E-state index is -0.559. The fourth-order valence-electron chi connectivity index (χ4n) is 1.89. The Hall–Kier alpha value is -3.04. The normalized spacial score (nSPS) is 9.76. The highest BCUT2D eigenvalue weighted by molar-refractivity contribution is 6.31. The fourth-order valence-corrected chi connectivity index (χ4v) is 2.06. The van der Waals surface area contributed by atoms with Gasteiger partial charge in [-0.15, -0.1) is 0 Å². The Morgan fingerprint density at radius 1 is 1.16 bits per heavy atom. The van der Waals surface area contributed by atoms with E-state index in [0.717, 1.165) is 0 Å². The van der Waals surface area contributed by atoms with Crippen LogP contribution in [0.3, 0.4) is 0 Å². The molecule has 2 aromatic carbocycles. The second-order valence-electron chi connectivity index (χ2n) is 4.92. The van der Waals surface area contributed by atoms with Gasteiger partial charge in [-0.05, 0) is 30.3 Å². The number of rotatable bonds is 7. The van der Waals surface area contributed by atoms with E-state index in [0.29, 0.717) is 10.8 Å². The Bertz CT molecular complexity index is 787. The highest BCUT2D eigenvalue weighted by Crippen LogP contribution is 2.20. The van der Waals surface area contributed by atoms with E-state index >= 15 is 0 Å². The van der Waals surface area contributed by atoms with E-state index in [1.165, 1.54) is 12.1 Å². The van der Waals surface area contributed by atoms with Gasteiger partial charge in [0.25, 0.3) is 5.91 Å². The lowest BCUT2D eigenvalue weighted by Gasteiger charge is -2.09. The highest BCUT2D eigenvalue weighted by atomic mass is 35.5. The number of ether oxygens (including phenoxy) is 2. The van der Waals surface area contributed by atoms with E-state index < -0.39 is 18.5 Å². The van der Waals surface area contributed by atoms with E-state index in [1.54, 1.807) is 18.2 Å². The molecule has 0 fully saturated rings. The van der Waals surface area contributed by atoms with E-state index in [9.17, 15) is 9.59 Å². The quantitative estimate of drug-likeness (QED) is 0.768. The zero-order chi connectivity index (χ0) is 18.1. The van der Waals surface area contributed by atoms with Crippen LogP contribution in [-0.4, -0.2) is 25.1 Å². The Balaban J connectivity index is 1.73. The molecule has 1 amide bonds. The molecule has 7 heteroatoms. The van der Waals surface area contributed by atoms with Gasteiger partial charge in [0.15, 0.2) is 6.61 Å². The molecule has 0 aliphatic carbocycles. The average molecular weight is 359 g/mol. The van der Waals surface area contributed by atoms with Gasteiger partial charge in [0, 0.05) is 5.02 Å². The zero-order valence-electron chi connectivity index (χ0n) is 13.2. The third-order valence-electron chi connectivity index (χ3n) is 3.06. The molecule has 2 aromatic rings. The first-order valence-corrected chi connectivity index (χ1v) is 7.79. The number of esters is 1. The van der Waals surface area contributed by atoms with Crippen LogP contribution in [0.1, 0.15) is 12.0 Å². The topological polar surface area (TPSA) is 88.4 Å². The van der Waals surface area contributed by atoms with Crippen molar-refractivity contribution in [3.05, 3.63) is 59.1 Å². The van der Waals surface area contributed by atoms with Gasteiger partial charge in [0.1, 0.15) is 11.8 Å². The lowest BCUT2D eigenvalue weighted by atomic mass is 10.2. The molecule has 0 saturated heterocycles. The third kappa shape index (κ3) is 6.16. The maximum atomic E-state index is 11.8. The molecule has 0 aromatic heterocycles. The van der Waals surface area contributed by atoms with Crippen molar-refractivity contribution in [1.82, 2.24) is 0 Å². The smallest absolute Gasteiger partial charge is 0.309 e. The van der Waals surface area contributed by atoms with Crippen LogP contribution in [0.25, 0.3) is 0 Å². The number of nitrogens with zero attached hydrogens (tertiary/aromatic N) is 1. The van der Waals surface area contributed by atoms with Crippen LogP contribution in [0.2, 0.25) is 5.02 Å². The maximum absolute atomic E-state index is 11.8. The van der Waals surface area contributed by atoms with Crippen LogP contribution in [0, 0.1) is 11.3 Å². The molecule has 0 atom stereocenters. The van der Waals surface area contributed by atoms with Crippen molar-refractivity contribution in [3.8, 4) is 11.8 Å². The van der Waals surface area contributed by atoms with Gasteiger partial charge in [-0.3, -0.25) is 9.59 Å². The standard InChI is InChI=1S/C18H15ClN2O4/c19-14-7-6-13(11-20)16(10-14)21-17(22)12-25-18(23)8-9-24-15-4-2-1-3-5-15/h1-7,10H,8-9,12H2,(H,21,22). The Morgan fingerprint density at radius 2 is 1.92 bits per heavy atom. The lowest BCUT2D eigenvalue weighted by Crippen LogP contribution is -2.22. The molecule has 25 heavy (non-hydrogen) atoms. The lowest BCUT2D eigenvalue weighted by molar-refractivity contribution is -0.147. The second-order valence-corrected chi connectivity index (χ2v) is 5.36. The molecular weight excluding hydrogens is 344 g/mol. The first-order chi connectivity index (χ1) is 12.1. The van der Waals surface area contributed by atoms with Crippen molar-refractivity contribution in [2.45, 2.75) is 6.42 Å². The zero-order valence-corrected chi connectivity index (χ0v) is 14.0. The number of halogens is 1. The number of carbonyl (C=O) groups is 2. The number of hydrogen-bond acceptors (Lipinski definition) is 5. The first kappa shape index (κ1) is 18.3. The summed E-state index contributed by atoms with van der Waals surface area (Å²) in [6, 6.07) is 15.5. The third-order valence-corrected chi connectivity index (χ3v) is 3.29. The number of amides is 1. The van der Waals surface area contributed by atoms with Gasteiger partial charge in [0.2, 0.25) is 0 Å². The van der Waals surface area contributed by atoms with Crippen molar-refractivity contribution in [3.63, 3.8) is 0 Å². The number of nitrogens with one attached hydrogen (secondary N) is 1. The summed E-state index contributed by atoms with van der Waals surface area (Å²) in [5.41, 5.74) is 0.531. The molecule has 0 bridgehead atoms. The van der Waals surface area contributed by atoms with Gasteiger partial charge in [0.05, 0.1) is 24.3 Å². The van der Waals surface area contributed by atoms with E-state index in [-0.39, 0.29) is 24.3 Å². The fraction of sp³-hybridized carbons (Fsp3) is 0.167. The summed E-state index contributed by atoms with van der Waals surface area (Å²) < 4.78 is 10.2.